The quantitative estimate of drug-likeness (QED) is 0.484. The molecule has 0 aliphatic heterocycles. The molecule has 0 aliphatic rings. The van der Waals surface area contributed by atoms with Crippen molar-refractivity contribution < 1.29 is 9.53 Å². The molecule has 0 saturated heterocycles. The first kappa shape index (κ1) is 14.3. The van der Waals surface area contributed by atoms with Gasteiger partial charge in [0.25, 0.3) is 0 Å². The molecule has 0 aliphatic carbocycles. The molecule has 20 heavy (non-hydrogen) atoms. The maximum absolute atomic E-state index is 11.8. The molecule has 2 aromatic rings. The first-order valence-corrected chi connectivity index (χ1v) is 10.1. The molecule has 0 saturated carbocycles. The molecular weight excluding hydrogens is 268 g/mol. The maximum Gasteiger partial charge on any atom is 0.341 e. The van der Waals surface area contributed by atoms with Gasteiger partial charge >= 0.3 is 5.97 Å². The van der Waals surface area contributed by atoms with Gasteiger partial charge in [-0.1, -0.05) is 25.6 Å². The highest BCUT2D eigenvalue weighted by atomic mass is 28.3. The summed E-state index contributed by atoms with van der Waals surface area (Å²) < 4.78 is 6.67. The third kappa shape index (κ3) is 3.28. The van der Waals surface area contributed by atoms with Crippen molar-refractivity contribution in [2.24, 2.45) is 0 Å². The summed E-state index contributed by atoms with van der Waals surface area (Å²) in [7, 11) is -1.40. The molecule has 104 valence electrons. The van der Waals surface area contributed by atoms with Gasteiger partial charge in [-0.25, -0.2) is 9.31 Å². The number of fused-ring (bicyclic) bond motifs is 1. The maximum atomic E-state index is 11.8. The van der Waals surface area contributed by atoms with Crippen LogP contribution >= 0.6 is 0 Å². The van der Waals surface area contributed by atoms with E-state index < -0.39 is 8.07 Å². The second-order valence-corrected chi connectivity index (χ2v) is 10.3. The molecule has 0 spiro atoms. The molecule has 0 bridgehead atoms. The van der Waals surface area contributed by atoms with Gasteiger partial charge in [0.15, 0.2) is 0 Å². The molecular formula is C15H18N2O2Si. The lowest BCUT2D eigenvalue weighted by molar-refractivity contribution is 0.0528. The van der Waals surface area contributed by atoms with E-state index in [-0.39, 0.29) is 5.97 Å². The summed E-state index contributed by atoms with van der Waals surface area (Å²) in [5.74, 6) is 2.83. The minimum Gasteiger partial charge on any atom is -0.462 e. The lowest BCUT2D eigenvalue weighted by Crippen LogP contribution is -2.16. The van der Waals surface area contributed by atoms with E-state index in [0.717, 1.165) is 11.1 Å². The van der Waals surface area contributed by atoms with Crippen LogP contribution in [0.25, 0.3) is 5.52 Å². The van der Waals surface area contributed by atoms with Crippen LogP contribution in [0.1, 0.15) is 22.8 Å². The Bertz CT molecular complexity index is 702. The zero-order chi connectivity index (χ0) is 14.8. The molecule has 4 nitrogen and oxygen atoms in total. The SMILES string of the molecule is CCOC(=O)c1cnn2cc(C#C[Si](C)(C)C)ccc12. The van der Waals surface area contributed by atoms with Crippen LogP contribution in [0.15, 0.2) is 24.5 Å². The van der Waals surface area contributed by atoms with Crippen molar-refractivity contribution in [1.82, 2.24) is 9.61 Å². The molecule has 5 heteroatoms. The number of rotatable bonds is 2. The average Bonchev–Trinajstić information content (AvgIpc) is 2.78. The highest BCUT2D eigenvalue weighted by molar-refractivity contribution is 6.83. The Morgan fingerprint density at radius 2 is 2.15 bits per heavy atom. The van der Waals surface area contributed by atoms with Gasteiger partial charge in [-0.3, -0.25) is 0 Å². The Hall–Kier alpha value is -2.06. The Labute approximate surface area is 119 Å². The van der Waals surface area contributed by atoms with Gasteiger partial charge < -0.3 is 4.74 Å². The number of carbonyl (C=O) groups is 1. The van der Waals surface area contributed by atoms with Crippen LogP contribution in [0.3, 0.4) is 0 Å². The molecule has 0 fully saturated rings. The normalized spacial score (nSPS) is 11.0. The smallest absolute Gasteiger partial charge is 0.341 e. The average molecular weight is 286 g/mol. The number of aromatic nitrogens is 2. The van der Waals surface area contributed by atoms with E-state index in [1.165, 1.54) is 6.20 Å². The number of hydrogen-bond acceptors (Lipinski definition) is 3. The van der Waals surface area contributed by atoms with E-state index in [0.29, 0.717) is 12.2 Å². The lowest BCUT2D eigenvalue weighted by Gasteiger charge is -2.03. The first-order chi connectivity index (χ1) is 9.40. The summed E-state index contributed by atoms with van der Waals surface area (Å²) in [6.45, 7) is 8.74. The largest absolute Gasteiger partial charge is 0.462 e. The number of pyridine rings is 1. The van der Waals surface area contributed by atoms with Crippen LogP contribution in [0, 0.1) is 11.5 Å². The Kier molecular flexibility index (Phi) is 3.95. The Morgan fingerprint density at radius 1 is 1.40 bits per heavy atom. The molecule has 2 heterocycles. The second-order valence-electron chi connectivity index (χ2n) is 5.53. The minimum absolute atomic E-state index is 0.344. The molecule has 0 aromatic carbocycles. The minimum atomic E-state index is -1.40. The molecule has 0 unspecified atom stereocenters. The van der Waals surface area contributed by atoms with Crippen molar-refractivity contribution in [3.8, 4) is 11.5 Å². The van der Waals surface area contributed by atoms with E-state index in [1.54, 1.807) is 11.4 Å². The second kappa shape index (κ2) is 5.51. The zero-order valence-corrected chi connectivity index (χ0v) is 13.2. The number of ether oxygens (including phenoxy) is 1. The van der Waals surface area contributed by atoms with E-state index in [4.69, 9.17) is 4.74 Å². The van der Waals surface area contributed by atoms with E-state index in [1.807, 2.05) is 18.3 Å². The first-order valence-electron chi connectivity index (χ1n) is 6.58. The Balaban J connectivity index is 2.37. The fourth-order valence-corrected chi connectivity index (χ4v) is 2.20. The third-order valence-corrected chi connectivity index (χ3v) is 3.47. The lowest BCUT2D eigenvalue weighted by atomic mass is 10.2. The van der Waals surface area contributed by atoms with Crippen LogP contribution in [0.2, 0.25) is 19.6 Å². The Morgan fingerprint density at radius 3 is 2.80 bits per heavy atom. The van der Waals surface area contributed by atoms with E-state index in [9.17, 15) is 4.79 Å². The van der Waals surface area contributed by atoms with E-state index >= 15 is 0 Å². The summed E-state index contributed by atoms with van der Waals surface area (Å²) >= 11 is 0. The fraction of sp³-hybridized carbons (Fsp3) is 0.333. The van der Waals surface area contributed by atoms with Crippen molar-refractivity contribution in [3.05, 3.63) is 35.7 Å². The van der Waals surface area contributed by atoms with Crippen molar-refractivity contribution >= 4 is 19.6 Å². The molecule has 0 amide bonds. The van der Waals surface area contributed by atoms with Gasteiger partial charge in [-0.15, -0.1) is 5.54 Å². The molecule has 2 rings (SSSR count). The predicted octanol–water partition coefficient (Wildman–Crippen LogP) is 2.74. The summed E-state index contributed by atoms with van der Waals surface area (Å²) in [5, 5.41) is 4.19. The van der Waals surface area contributed by atoms with Crippen molar-refractivity contribution in [3.63, 3.8) is 0 Å². The van der Waals surface area contributed by atoms with Crippen LogP contribution < -0.4 is 0 Å². The van der Waals surface area contributed by atoms with Crippen LogP contribution in [0.5, 0.6) is 0 Å². The molecule has 0 radical (unpaired) electrons. The summed E-state index contributed by atoms with van der Waals surface area (Å²) in [6.07, 6.45) is 3.37. The standard InChI is InChI=1S/C15H18N2O2Si/c1-5-19-15(18)13-10-16-17-11-12(6-7-14(13)17)8-9-20(2,3)4/h6-7,10-11H,5H2,1-4H3. The van der Waals surface area contributed by atoms with Crippen molar-refractivity contribution in [2.45, 2.75) is 26.6 Å². The fourth-order valence-electron chi connectivity index (χ4n) is 1.68. The predicted molar refractivity (Wildman–Crippen MR) is 81.4 cm³/mol. The highest BCUT2D eigenvalue weighted by Gasteiger charge is 2.13. The monoisotopic (exact) mass is 286 g/mol. The van der Waals surface area contributed by atoms with Gasteiger partial charge in [0.1, 0.15) is 13.6 Å². The van der Waals surface area contributed by atoms with Crippen molar-refractivity contribution in [1.29, 1.82) is 0 Å². The van der Waals surface area contributed by atoms with Crippen LogP contribution in [-0.4, -0.2) is 30.3 Å². The van der Waals surface area contributed by atoms with Crippen LogP contribution in [-0.2, 0) is 4.74 Å². The third-order valence-electron chi connectivity index (χ3n) is 2.59. The van der Waals surface area contributed by atoms with E-state index in [2.05, 4.69) is 36.2 Å². The number of esters is 1. The highest BCUT2D eigenvalue weighted by Crippen LogP contribution is 2.13. The molecule has 0 N–H and O–H groups in total. The number of nitrogens with zero attached hydrogens (tertiary/aromatic N) is 2. The van der Waals surface area contributed by atoms with Crippen LogP contribution in [0.4, 0.5) is 0 Å². The summed E-state index contributed by atoms with van der Waals surface area (Å²) in [6, 6.07) is 3.76. The van der Waals surface area contributed by atoms with Crippen molar-refractivity contribution in [2.75, 3.05) is 6.61 Å². The van der Waals surface area contributed by atoms with Gasteiger partial charge in [-0.2, -0.15) is 5.10 Å². The van der Waals surface area contributed by atoms with Gasteiger partial charge in [0, 0.05) is 11.8 Å². The van der Waals surface area contributed by atoms with Gasteiger partial charge in [0.2, 0.25) is 0 Å². The summed E-state index contributed by atoms with van der Waals surface area (Å²) in [5.41, 5.74) is 5.43. The topological polar surface area (TPSA) is 43.6 Å². The number of carbonyl (C=O) groups excluding carboxylic acids is 1. The molecule has 0 atom stereocenters. The zero-order valence-electron chi connectivity index (χ0n) is 12.2. The van der Waals surface area contributed by atoms with Gasteiger partial charge in [-0.05, 0) is 19.1 Å². The number of hydrogen-bond donors (Lipinski definition) is 0. The molecule has 2 aromatic heterocycles. The summed E-state index contributed by atoms with van der Waals surface area (Å²) in [4.78, 5) is 11.8. The van der Waals surface area contributed by atoms with Gasteiger partial charge in [0.05, 0.1) is 18.3 Å².